The number of aryl methyl sites for hydroxylation is 2. The van der Waals surface area contributed by atoms with Crippen molar-refractivity contribution in [2.75, 3.05) is 0 Å². The molecule has 0 aliphatic carbocycles. The van der Waals surface area contributed by atoms with Gasteiger partial charge in [0.1, 0.15) is 0 Å². The molecule has 0 heterocycles. The highest BCUT2D eigenvalue weighted by molar-refractivity contribution is 5.64. The van der Waals surface area contributed by atoms with Crippen LogP contribution in [0.2, 0.25) is 0 Å². The topological polar surface area (TPSA) is 0 Å². The van der Waals surface area contributed by atoms with E-state index >= 15 is 0 Å². The lowest BCUT2D eigenvalue weighted by atomic mass is 9.98. The molecule has 0 aromatic heterocycles. The summed E-state index contributed by atoms with van der Waals surface area (Å²) >= 11 is 0. The van der Waals surface area contributed by atoms with Gasteiger partial charge in [-0.15, -0.1) is 0 Å². The first-order valence-electron chi connectivity index (χ1n) is 4.40. The number of hydrogen-bond acceptors (Lipinski definition) is 0. The number of hydrogen-bond donors (Lipinski definition) is 0. The molecule has 0 N–H and O–H groups in total. The van der Waals surface area contributed by atoms with Crippen molar-refractivity contribution < 1.29 is 0 Å². The molecule has 0 aliphatic heterocycles. The van der Waals surface area contributed by atoms with Crippen molar-refractivity contribution in [3.63, 3.8) is 0 Å². The maximum Gasteiger partial charge on any atom is -0.0201 e. The summed E-state index contributed by atoms with van der Waals surface area (Å²) < 4.78 is 0. The molecular weight excluding hydrogens is 144 g/mol. The molecule has 0 nitrogen and oxygen atoms in total. The lowest BCUT2D eigenvalue weighted by Crippen LogP contribution is -1.89. The molecule has 0 saturated heterocycles. The highest BCUT2D eigenvalue weighted by Crippen LogP contribution is 2.19. The van der Waals surface area contributed by atoms with E-state index in [1.54, 1.807) is 0 Å². The lowest BCUT2D eigenvalue weighted by molar-refractivity contribution is 1.12. The van der Waals surface area contributed by atoms with Crippen molar-refractivity contribution in [2.45, 2.75) is 27.2 Å². The van der Waals surface area contributed by atoms with Crippen LogP contribution in [-0.2, 0) is 6.42 Å². The SMILES string of the molecule is C=C(C)c1ccc(C)cc1CC. The molecule has 0 aliphatic rings. The van der Waals surface area contributed by atoms with Crippen molar-refractivity contribution in [3.05, 3.63) is 41.5 Å². The summed E-state index contributed by atoms with van der Waals surface area (Å²) in [5, 5.41) is 0. The Bertz CT molecular complexity index is 295. The van der Waals surface area contributed by atoms with E-state index < -0.39 is 0 Å². The first kappa shape index (κ1) is 9.05. The molecule has 1 aromatic carbocycles. The minimum absolute atomic E-state index is 1.09. The summed E-state index contributed by atoms with van der Waals surface area (Å²) in [7, 11) is 0. The molecule has 1 rings (SSSR count). The van der Waals surface area contributed by atoms with Crippen molar-refractivity contribution in [1.82, 2.24) is 0 Å². The second-order valence-electron chi connectivity index (χ2n) is 3.29. The van der Waals surface area contributed by atoms with Crippen molar-refractivity contribution in [1.29, 1.82) is 0 Å². The van der Waals surface area contributed by atoms with E-state index in [0.29, 0.717) is 0 Å². The van der Waals surface area contributed by atoms with Gasteiger partial charge in [0.15, 0.2) is 0 Å². The van der Waals surface area contributed by atoms with Gasteiger partial charge >= 0.3 is 0 Å². The highest BCUT2D eigenvalue weighted by Gasteiger charge is 2.00. The second-order valence-corrected chi connectivity index (χ2v) is 3.29. The smallest absolute Gasteiger partial charge is 0.0201 e. The molecular formula is C12H16. The van der Waals surface area contributed by atoms with Gasteiger partial charge in [0.2, 0.25) is 0 Å². The van der Waals surface area contributed by atoms with Crippen LogP contribution in [0, 0.1) is 6.92 Å². The number of rotatable bonds is 2. The van der Waals surface area contributed by atoms with Gasteiger partial charge in [0.25, 0.3) is 0 Å². The minimum atomic E-state index is 1.09. The van der Waals surface area contributed by atoms with E-state index in [1.165, 1.54) is 16.7 Å². The highest BCUT2D eigenvalue weighted by atomic mass is 14.0. The van der Waals surface area contributed by atoms with E-state index in [9.17, 15) is 0 Å². The minimum Gasteiger partial charge on any atom is -0.0955 e. The average molecular weight is 160 g/mol. The van der Waals surface area contributed by atoms with Gasteiger partial charge in [-0.05, 0) is 31.4 Å². The molecule has 0 atom stereocenters. The predicted molar refractivity (Wildman–Crippen MR) is 55.3 cm³/mol. The zero-order valence-corrected chi connectivity index (χ0v) is 8.15. The number of allylic oxidation sites excluding steroid dienone is 1. The quantitative estimate of drug-likeness (QED) is 0.620. The molecule has 0 spiro atoms. The van der Waals surface area contributed by atoms with Crippen molar-refractivity contribution in [3.8, 4) is 0 Å². The maximum atomic E-state index is 3.96. The fraction of sp³-hybridized carbons (Fsp3) is 0.333. The molecule has 0 heteroatoms. The third-order valence-corrected chi connectivity index (χ3v) is 2.10. The Morgan fingerprint density at radius 1 is 1.42 bits per heavy atom. The van der Waals surface area contributed by atoms with E-state index in [-0.39, 0.29) is 0 Å². The molecule has 0 unspecified atom stereocenters. The summed E-state index contributed by atoms with van der Waals surface area (Å²) in [6.07, 6.45) is 1.09. The predicted octanol–water partition coefficient (Wildman–Crippen LogP) is 3.59. The largest absolute Gasteiger partial charge is 0.0955 e. The van der Waals surface area contributed by atoms with E-state index in [1.807, 2.05) is 0 Å². The van der Waals surface area contributed by atoms with Crippen LogP contribution in [0.5, 0.6) is 0 Å². The summed E-state index contributed by atoms with van der Waals surface area (Å²) in [6, 6.07) is 6.55. The zero-order chi connectivity index (χ0) is 9.14. The Morgan fingerprint density at radius 2 is 2.08 bits per heavy atom. The third-order valence-electron chi connectivity index (χ3n) is 2.10. The molecule has 1 aromatic rings. The Kier molecular flexibility index (Phi) is 2.69. The molecule has 0 amide bonds. The van der Waals surface area contributed by atoms with Gasteiger partial charge in [0.05, 0.1) is 0 Å². The fourth-order valence-electron chi connectivity index (χ4n) is 1.43. The molecule has 0 bridgehead atoms. The van der Waals surface area contributed by atoms with Crippen LogP contribution in [0.3, 0.4) is 0 Å². The van der Waals surface area contributed by atoms with Gasteiger partial charge in [-0.2, -0.15) is 0 Å². The summed E-state index contributed by atoms with van der Waals surface area (Å²) in [4.78, 5) is 0. The Hall–Kier alpha value is -1.04. The maximum absolute atomic E-state index is 3.96. The van der Waals surface area contributed by atoms with Gasteiger partial charge in [-0.3, -0.25) is 0 Å². The normalized spacial score (nSPS) is 9.92. The van der Waals surface area contributed by atoms with E-state index in [2.05, 4.69) is 45.5 Å². The summed E-state index contributed by atoms with van der Waals surface area (Å²) in [5.74, 6) is 0. The first-order valence-corrected chi connectivity index (χ1v) is 4.40. The van der Waals surface area contributed by atoms with Gasteiger partial charge in [0, 0.05) is 0 Å². The molecule has 64 valence electrons. The van der Waals surface area contributed by atoms with Crippen LogP contribution in [0.4, 0.5) is 0 Å². The van der Waals surface area contributed by atoms with E-state index in [0.717, 1.165) is 12.0 Å². The Labute approximate surface area is 74.9 Å². The van der Waals surface area contributed by atoms with Gasteiger partial charge < -0.3 is 0 Å². The number of benzene rings is 1. The van der Waals surface area contributed by atoms with Crippen LogP contribution in [-0.4, -0.2) is 0 Å². The second kappa shape index (κ2) is 3.57. The third kappa shape index (κ3) is 1.76. The van der Waals surface area contributed by atoms with Gasteiger partial charge in [-0.1, -0.05) is 42.8 Å². The standard InChI is InChI=1S/C12H16/c1-5-11-8-10(4)6-7-12(11)9(2)3/h6-8H,2,5H2,1,3-4H3. The molecule has 0 saturated carbocycles. The summed E-state index contributed by atoms with van der Waals surface area (Å²) in [5.41, 5.74) is 5.20. The average Bonchev–Trinajstić information content (AvgIpc) is 2.03. The van der Waals surface area contributed by atoms with Crippen LogP contribution in [0.15, 0.2) is 24.8 Å². The monoisotopic (exact) mass is 160 g/mol. The lowest BCUT2D eigenvalue weighted by Gasteiger charge is -2.07. The zero-order valence-electron chi connectivity index (χ0n) is 8.15. The van der Waals surface area contributed by atoms with Crippen LogP contribution >= 0.6 is 0 Å². The Balaban J connectivity index is 3.20. The molecule has 0 fully saturated rings. The van der Waals surface area contributed by atoms with Crippen molar-refractivity contribution in [2.24, 2.45) is 0 Å². The van der Waals surface area contributed by atoms with Gasteiger partial charge in [-0.25, -0.2) is 0 Å². The van der Waals surface area contributed by atoms with Crippen LogP contribution in [0.1, 0.15) is 30.5 Å². The fourth-order valence-corrected chi connectivity index (χ4v) is 1.43. The Morgan fingerprint density at radius 3 is 2.58 bits per heavy atom. The molecule has 0 radical (unpaired) electrons. The first-order chi connectivity index (χ1) is 5.65. The molecule has 12 heavy (non-hydrogen) atoms. The van der Waals surface area contributed by atoms with Crippen LogP contribution in [0.25, 0.3) is 5.57 Å². The van der Waals surface area contributed by atoms with Crippen LogP contribution < -0.4 is 0 Å². The van der Waals surface area contributed by atoms with E-state index in [4.69, 9.17) is 0 Å². The summed E-state index contributed by atoms with van der Waals surface area (Å²) in [6.45, 7) is 10.3. The van der Waals surface area contributed by atoms with Crippen molar-refractivity contribution >= 4 is 5.57 Å².